The number of anilines is 1. The number of thioether (sulfide) groups is 1. The Bertz CT molecular complexity index is 921. The third-order valence-electron chi connectivity index (χ3n) is 3.97. The molecular weight excluding hydrogens is 366 g/mol. The van der Waals surface area contributed by atoms with E-state index >= 15 is 0 Å². The van der Waals surface area contributed by atoms with Crippen molar-refractivity contribution in [2.24, 2.45) is 0 Å². The molecule has 0 saturated carbocycles. The molecule has 0 bridgehead atoms. The summed E-state index contributed by atoms with van der Waals surface area (Å²) < 4.78 is 5.91. The molecule has 0 radical (unpaired) electrons. The summed E-state index contributed by atoms with van der Waals surface area (Å²) in [5.41, 5.74) is 3.72. The molecule has 0 atom stereocenters. The number of hydrogen-bond acceptors (Lipinski definition) is 5. The van der Waals surface area contributed by atoms with Crippen LogP contribution in [0.15, 0.2) is 41.3 Å². The fourth-order valence-corrected chi connectivity index (χ4v) is 4.06. The lowest BCUT2D eigenvalue weighted by molar-refractivity contribution is -0.113. The Morgan fingerprint density at radius 3 is 2.69 bits per heavy atom. The van der Waals surface area contributed by atoms with E-state index in [-0.39, 0.29) is 11.7 Å². The van der Waals surface area contributed by atoms with E-state index in [2.05, 4.69) is 0 Å². The molecule has 0 unspecified atom stereocenters. The molecule has 3 rings (SSSR count). The second-order valence-corrected chi connectivity index (χ2v) is 7.64. The fraction of sp³-hybridized carbons (Fsp3) is 0.200. The van der Waals surface area contributed by atoms with Gasteiger partial charge in [0.15, 0.2) is 15.8 Å². The van der Waals surface area contributed by atoms with Gasteiger partial charge in [-0.1, -0.05) is 47.7 Å². The number of thiocarbonyl (C=S) groups is 1. The monoisotopic (exact) mass is 385 g/mol. The van der Waals surface area contributed by atoms with Crippen molar-refractivity contribution in [2.45, 2.75) is 20.8 Å². The van der Waals surface area contributed by atoms with E-state index in [4.69, 9.17) is 17.0 Å². The zero-order valence-corrected chi connectivity index (χ0v) is 16.4. The van der Waals surface area contributed by atoms with Crippen molar-refractivity contribution >= 4 is 46.0 Å². The number of nitrogens with zero attached hydrogens (tertiary/aromatic N) is 1. The molecule has 2 aromatic rings. The number of phenols is 1. The summed E-state index contributed by atoms with van der Waals surface area (Å²) in [6, 6.07) is 10.9. The number of ether oxygens (including phenoxy) is 1. The van der Waals surface area contributed by atoms with Crippen molar-refractivity contribution in [3.05, 3.63) is 58.0 Å². The highest BCUT2D eigenvalue weighted by molar-refractivity contribution is 8.27. The molecule has 4 nitrogen and oxygen atoms in total. The minimum absolute atomic E-state index is 0.0758. The molecule has 0 spiro atoms. The normalized spacial score (nSPS) is 15.8. The smallest absolute Gasteiger partial charge is 0.270 e. The number of aromatic hydroxyl groups is 1. The van der Waals surface area contributed by atoms with Crippen LogP contribution in [0.4, 0.5) is 5.69 Å². The lowest BCUT2D eigenvalue weighted by Crippen LogP contribution is -2.28. The zero-order valence-electron chi connectivity index (χ0n) is 14.8. The van der Waals surface area contributed by atoms with E-state index in [0.717, 1.165) is 22.4 Å². The molecule has 0 aromatic heterocycles. The van der Waals surface area contributed by atoms with Crippen LogP contribution in [0, 0.1) is 13.8 Å². The van der Waals surface area contributed by atoms with Gasteiger partial charge in [0.2, 0.25) is 0 Å². The molecule has 2 aromatic carbocycles. The Kier molecular flexibility index (Phi) is 5.34. The molecule has 1 aliphatic heterocycles. The fourth-order valence-electron chi connectivity index (χ4n) is 2.77. The lowest BCUT2D eigenvalue weighted by atomic mass is 10.1. The summed E-state index contributed by atoms with van der Waals surface area (Å²) in [7, 11) is 0. The van der Waals surface area contributed by atoms with Crippen LogP contribution in [0.2, 0.25) is 0 Å². The van der Waals surface area contributed by atoms with E-state index in [0.29, 0.717) is 21.6 Å². The van der Waals surface area contributed by atoms with Crippen LogP contribution in [-0.4, -0.2) is 21.9 Å². The molecule has 1 fully saturated rings. The second kappa shape index (κ2) is 7.51. The van der Waals surface area contributed by atoms with Crippen LogP contribution in [0.25, 0.3) is 6.08 Å². The standard InChI is InChI=1S/C20H19NO3S2/c1-4-24-17-10-14(6-8-16(17)22)11-18-19(23)21(20(25)26-18)15-7-5-12(2)9-13(15)3/h5-11,22H,4H2,1-3H3. The number of hydrogen-bond donors (Lipinski definition) is 1. The molecule has 1 N–H and O–H groups in total. The number of carbonyl (C=O) groups is 1. The second-order valence-electron chi connectivity index (χ2n) is 5.97. The van der Waals surface area contributed by atoms with Crippen LogP contribution in [0.3, 0.4) is 0 Å². The summed E-state index contributed by atoms with van der Waals surface area (Å²) >= 11 is 6.71. The van der Waals surface area contributed by atoms with Crippen molar-refractivity contribution in [2.75, 3.05) is 11.5 Å². The van der Waals surface area contributed by atoms with E-state index in [1.165, 1.54) is 11.8 Å². The van der Waals surface area contributed by atoms with Crippen LogP contribution in [0.5, 0.6) is 11.5 Å². The lowest BCUT2D eigenvalue weighted by Gasteiger charge is -2.17. The van der Waals surface area contributed by atoms with Crippen LogP contribution >= 0.6 is 24.0 Å². The van der Waals surface area contributed by atoms with Gasteiger partial charge in [-0.2, -0.15) is 0 Å². The number of phenolic OH excluding ortho intramolecular Hbond substituents is 1. The van der Waals surface area contributed by atoms with Gasteiger partial charge in [-0.25, -0.2) is 0 Å². The number of aryl methyl sites for hydroxylation is 2. The minimum Gasteiger partial charge on any atom is -0.504 e. The van der Waals surface area contributed by atoms with Crippen LogP contribution in [0.1, 0.15) is 23.6 Å². The Balaban J connectivity index is 1.93. The summed E-state index contributed by atoms with van der Waals surface area (Å²) in [6.45, 7) is 6.29. The maximum Gasteiger partial charge on any atom is 0.270 e. The molecule has 1 amide bonds. The number of carbonyl (C=O) groups excluding carboxylic acids is 1. The highest BCUT2D eigenvalue weighted by atomic mass is 32.2. The third kappa shape index (κ3) is 3.61. The molecule has 1 aliphatic rings. The first-order valence-corrected chi connectivity index (χ1v) is 9.44. The minimum atomic E-state index is -0.141. The summed E-state index contributed by atoms with van der Waals surface area (Å²) in [5.74, 6) is 0.330. The average molecular weight is 386 g/mol. The summed E-state index contributed by atoms with van der Waals surface area (Å²) in [6.07, 6.45) is 1.77. The number of rotatable bonds is 4. The van der Waals surface area contributed by atoms with Gasteiger partial charge >= 0.3 is 0 Å². The first-order valence-electron chi connectivity index (χ1n) is 8.21. The van der Waals surface area contributed by atoms with Crippen molar-refractivity contribution in [1.82, 2.24) is 0 Å². The predicted octanol–water partition coefficient (Wildman–Crippen LogP) is 4.81. The Morgan fingerprint density at radius 2 is 2.00 bits per heavy atom. The van der Waals surface area contributed by atoms with Crippen molar-refractivity contribution in [1.29, 1.82) is 0 Å². The van der Waals surface area contributed by atoms with Gasteiger partial charge in [0.05, 0.1) is 17.2 Å². The molecule has 134 valence electrons. The number of benzene rings is 2. The molecule has 1 heterocycles. The van der Waals surface area contributed by atoms with Gasteiger partial charge < -0.3 is 9.84 Å². The highest BCUT2D eigenvalue weighted by Crippen LogP contribution is 2.38. The first-order chi connectivity index (χ1) is 12.4. The topological polar surface area (TPSA) is 49.8 Å². The van der Waals surface area contributed by atoms with Gasteiger partial charge in [-0.15, -0.1) is 0 Å². The molecule has 6 heteroatoms. The molecule has 0 aliphatic carbocycles. The van der Waals surface area contributed by atoms with Crippen molar-refractivity contribution in [3.63, 3.8) is 0 Å². The van der Waals surface area contributed by atoms with E-state index < -0.39 is 0 Å². The van der Waals surface area contributed by atoms with E-state index in [9.17, 15) is 9.90 Å². The molecular formula is C20H19NO3S2. The van der Waals surface area contributed by atoms with Gasteiger partial charge in [0.1, 0.15) is 0 Å². The van der Waals surface area contributed by atoms with Crippen molar-refractivity contribution < 1.29 is 14.6 Å². The highest BCUT2D eigenvalue weighted by Gasteiger charge is 2.34. The quantitative estimate of drug-likeness (QED) is 0.604. The van der Waals surface area contributed by atoms with E-state index in [1.807, 2.05) is 39.0 Å². The van der Waals surface area contributed by atoms with E-state index in [1.54, 1.807) is 29.2 Å². The van der Waals surface area contributed by atoms with Crippen molar-refractivity contribution in [3.8, 4) is 11.5 Å². The van der Waals surface area contributed by atoms with Gasteiger partial charge in [0, 0.05) is 0 Å². The first kappa shape index (κ1) is 18.5. The number of amides is 1. The zero-order chi connectivity index (χ0) is 18.8. The molecule has 1 saturated heterocycles. The Labute approximate surface area is 162 Å². The predicted molar refractivity (Wildman–Crippen MR) is 111 cm³/mol. The average Bonchev–Trinajstić information content (AvgIpc) is 2.85. The summed E-state index contributed by atoms with van der Waals surface area (Å²) in [4.78, 5) is 15.0. The summed E-state index contributed by atoms with van der Waals surface area (Å²) in [5, 5.41) is 9.82. The Morgan fingerprint density at radius 1 is 1.23 bits per heavy atom. The van der Waals surface area contributed by atoms with Gasteiger partial charge in [-0.05, 0) is 56.2 Å². The molecule has 26 heavy (non-hydrogen) atoms. The van der Waals surface area contributed by atoms with Crippen LogP contribution in [-0.2, 0) is 4.79 Å². The SMILES string of the molecule is CCOc1cc(C=C2SC(=S)N(c3ccc(C)cc3C)C2=O)ccc1O. The maximum absolute atomic E-state index is 12.9. The van der Waals surface area contributed by atoms with Gasteiger partial charge in [0.25, 0.3) is 5.91 Å². The maximum atomic E-state index is 12.9. The largest absolute Gasteiger partial charge is 0.504 e. The van der Waals surface area contributed by atoms with Gasteiger partial charge in [-0.3, -0.25) is 9.69 Å². The third-order valence-corrected chi connectivity index (χ3v) is 5.27. The Hall–Kier alpha value is -2.31. The van der Waals surface area contributed by atoms with Crippen LogP contribution < -0.4 is 9.64 Å².